The first-order valence-electron chi connectivity index (χ1n) is 7.08. The van der Waals surface area contributed by atoms with E-state index in [1.54, 1.807) is 25.1 Å². The zero-order valence-corrected chi connectivity index (χ0v) is 13.4. The summed E-state index contributed by atoms with van der Waals surface area (Å²) in [7, 11) is 0. The normalized spacial score (nSPS) is 12.1. The van der Waals surface area contributed by atoms with E-state index >= 15 is 0 Å². The molecule has 118 valence electrons. The van der Waals surface area contributed by atoms with Crippen molar-refractivity contribution < 1.29 is 9.63 Å². The van der Waals surface area contributed by atoms with Crippen LogP contribution in [-0.4, -0.2) is 27.2 Å². The van der Waals surface area contributed by atoms with Crippen molar-refractivity contribution >= 4 is 34.2 Å². The van der Waals surface area contributed by atoms with Gasteiger partial charge in [-0.05, 0) is 55.0 Å². The molecule has 3 rings (SSSR count). The molecular weight excluding hydrogens is 316 g/mol. The Bertz CT molecular complexity index is 862. The van der Waals surface area contributed by atoms with Gasteiger partial charge >= 0.3 is 0 Å². The average molecular weight is 331 g/mol. The summed E-state index contributed by atoms with van der Waals surface area (Å²) in [6, 6.07) is 12.7. The number of hydrogen-bond acceptors (Lipinski definition) is 4. The Labute approximate surface area is 138 Å². The molecule has 1 N–H and O–H groups in total. The van der Waals surface area contributed by atoms with Crippen molar-refractivity contribution in [1.29, 1.82) is 0 Å². The standard InChI is InChI=1S/C16H15ClN4O2/c1-10-4-3-5-13(8-10)18-16(22)11(2)23-21-15-9-12(17)6-7-14(15)19-20-21/h3-9,11H,1-2H3,(H,18,22)/t11-/m0/s1. The first-order chi connectivity index (χ1) is 11.0. The number of aromatic nitrogens is 3. The molecule has 1 atom stereocenters. The highest BCUT2D eigenvalue weighted by Gasteiger charge is 2.17. The molecule has 0 saturated carbocycles. The van der Waals surface area contributed by atoms with Crippen molar-refractivity contribution in [3.8, 4) is 0 Å². The maximum atomic E-state index is 12.2. The third-order valence-electron chi connectivity index (χ3n) is 3.29. The molecule has 0 unspecified atom stereocenters. The summed E-state index contributed by atoms with van der Waals surface area (Å²) in [6.07, 6.45) is -0.751. The Morgan fingerprint density at radius 1 is 1.30 bits per heavy atom. The number of nitrogens with zero attached hydrogens (tertiary/aromatic N) is 3. The van der Waals surface area contributed by atoms with E-state index in [2.05, 4.69) is 15.6 Å². The summed E-state index contributed by atoms with van der Waals surface area (Å²) in [6.45, 7) is 3.60. The van der Waals surface area contributed by atoms with E-state index in [0.29, 0.717) is 16.1 Å². The van der Waals surface area contributed by atoms with Crippen molar-refractivity contribution in [3.63, 3.8) is 0 Å². The molecule has 0 bridgehead atoms. The van der Waals surface area contributed by atoms with Crippen LogP contribution >= 0.6 is 11.6 Å². The van der Waals surface area contributed by atoms with Crippen molar-refractivity contribution in [1.82, 2.24) is 15.2 Å². The van der Waals surface area contributed by atoms with Gasteiger partial charge in [-0.3, -0.25) is 4.79 Å². The summed E-state index contributed by atoms with van der Waals surface area (Å²) in [5.74, 6) is -0.277. The molecule has 6 nitrogen and oxygen atoms in total. The summed E-state index contributed by atoms with van der Waals surface area (Å²) in [5, 5.41) is 11.2. The SMILES string of the molecule is Cc1cccc(NC(=O)[C@H](C)On2nnc3ccc(Cl)cc32)c1. The molecule has 0 aliphatic carbocycles. The third kappa shape index (κ3) is 3.43. The second kappa shape index (κ2) is 6.26. The second-order valence-electron chi connectivity index (χ2n) is 5.20. The van der Waals surface area contributed by atoms with E-state index < -0.39 is 6.10 Å². The Morgan fingerprint density at radius 3 is 2.91 bits per heavy atom. The van der Waals surface area contributed by atoms with Gasteiger partial charge in [0.2, 0.25) is 6.10 Å². The highest BCUT2D eigenvalue weighted by atomic mass is 35.5. The lowest BCUT2D eigenvalue weighted by molar-refractivity contribution is -0.127. The summed E-state index contributed by atoms with van der Waals surface area (Å²) < 4.78 is 0. The number of fused-ring (bicyclic) bond motifs is 1. The predicted octanol–water partition coefficient (Wildman–Crippen LogP) is 2.85. The number of benzene rings is 2. The third-order valence-corrected chi connectivity index (χ3v) is 3.53. The van der Waals surface area contributed by atoms with Crippen LogP contribution in [0.15, 0.2) is 42.5 Å². The van der Waals surface area contributed by atoms with Gasteiger partial charge in [0, 0.05) is 10.7 Å². The number of halogens is 1. The molecule has 0 spiro atoms. The molecule has 2 aromatic carbocycles. The lowest BCUT2D eigenvalue weighted by Crippen LogP contribution is -2.35. The minimum Gasteiger partial charge on any atom is -0.382 e. The molecule has 0 aliphatic rings. The lowest BCUT2D eigenvalue weighted by Gasteiger charge is -2.14. The van der Waals surface area contributed by atoms with Gasteiger partial charge in [0.15, 0.2) is 0 Å². The van der Waals surface area contributed by atoms with Crippen LogP contribution in [0.4, 0.5) is 5.69 Å². The number of amides is 1. The Kier molecular flexibility index (Phi) is 4.16. The van der Waals surface area contributed by atoms with Crippen LogP contribution in [-0.2, 0) is 4.79 Å². The Hall–Kier alpha value is -2.60. The van der Waals surface area contributed by atoms with E-state index in [1.807, 2.05) is 31.2 Å². The maximum absolute atomic E-state index is 12.2. The number of rotatable bonds is 4. The minimum absolute atomic E-state index is 0.277. The van der Waals surface area contributed by atoms with Gasteiger partial charge in [-0.25, -0.2) is 0 Å². The molecule has 0 fully saturated rings. The van der Waals surface area contributed by atoms with E-state index in [4.69, 9.17) is 16.4 Å². The first kappa shape index (κ1) is 15.3. The molecule has 23 heavy (non-hydrogen) atoms. The van der Waals surface area contributed by atoms with Gasteiger partial charge in [0.1, 0.15) is 11.0 Å². The van der Waals surface area contributed by atoms with E-state index in [0.717, 1.165) is 11.3 Å². The fraction of sp³-hybridized carbons (Fsp3) is 0.188. The summed E-state index contributed by atoms with van der Waals surface area (Å²) in [4.78, 5) is 19.0. The summed E-state index contributed by atoms with van der Waals surface area (Å²) >= 11 is 5.97. The largest absolute Gasteiger partial charge is 0.382 e. The van der Waals surface area contributed by atoms with E-state index in [9.17, 15) is 4.79 Å². The quantitative estimate of drug-likeness (QED) is 0.798. The lowest BCUT2D eigenvalue weighted by atomic mass is 10.2. The highest BCUT2D eigenvalue weighted by Crippen LogP contribution is 2.17. The molecule has 3 aromatic rings. The molecule has 1 aromatic heterocycles. The smallest absolute Gasteiger partial charge is 0.267 e. The monoisotopic (exact) mass is 330 g/mol. The molecular formula is C16H15ClN4O2. The van der Waals surface area contributed by atoms with Crippen molar-refractivity contribution in [2.75, 3.05) is 5.32 Å². The van der Waals surface area contributed by atoms with E-state index in [-0.39, 0.29) is 5.91 Å². The average Bonchev–Trinajstić information content (AvgIpc) is 2.89. The molecule has 1 amide bonds. The van der Waals surface area contributed by atoms with Crippen LogP contribution in [0.25, 0.3) is 11.0 Å². The van der Waals surface area contributed by atoms with Gasteiger partial charge in [-0.1, -0.05) is 28.6 Å². The zero-order valence-electron chi connectivity index (χ0n) is 12.7. The second-order valence-corrected chi connectivity index (χ2v) is 5.64. The Balaban J connectivity index is 1.73. The zero-order chi connectivity index (χ0) is 16.4. The summed E-state index contributed by atoms with van der Waals surface area (Å²) in [5.41, 5.74) is 3.03. The number of carbonyl (C=O) groups excluding carboxylic acids is 1. The van der Waals surface area contributed by atoms with Gasteiger partial charge in [-0.2, -0.15) is 0 Å². The van der Waals surface area contributed by atoms with Crippen molar-refractivity contribution in [3.05, 3.63) is 53.1 Å². The van der Waals surface area contributed by atoms with Crippen LogP contribution in [0.3, 0.4) is 0 Å². The predicted molar refractivity (Wildman–Crippen MR) is 88.4 cm³/mol. The fourth-order valence-corrected chi connectivity index (χ4v) is 2.28. The highest BCUT2D eigenvalue weighted by molar-refractivity contribution is 6.31. The van der Waals surface area contributed by atoms with Crippen LogP contribution in [0.5, 0.6) is 0 Å². The van der Waals surface area contributed by atoms with Crippen LogP contribution in [0, 0.1) is 6.92 Å². The number of nitrogens with one attached hydrogen (secondary N) is 1. The van der Waals surface area contributed by atoms with Crippen molar-refractivity contribution in [2.24, 2.45) is 0 Å². The molecule has 0 aliphatic heterocycles. The molecule has 0 saturated heterocycles. The van der Waals surface area contributed by atoms with Gasteiger partial charge in [-0.15, -0.1) is 5.10 Å². The Morgan fingerprint density at radius 2 is 2.13 bits per heavy atom. The topological polar surface area (TPSA) is 69.0 Å². The molecule has 0 radical (unpaired) electrons. The molecule has 7 heteroatoms. The first-order valence-corrected chi connectivity index (χ1v) is 7.46. The number of aryl methyl sites for hydroxylation is 1. The van der Waals surface area contributed by atoms with Crippen LogP contribution in [0.1, 0.15) is 12.5 Å². The molecule has 1 heterocycles. The number of anilines is 1. The van der Waals surface area contributed by atoms with Gasteiger partial charge < -0.3 is 10.2 Å². The van der Waals surface area contributed by atoms with Gasteiger partial charge in [0.25, 0.3) is 5.91 Å². The number of hydrogen-bond donors (Lipinski definition) is 1. The van der Waals surface area contributed by atoms with Crippen molar-refractivity contribution in [2.45, 2.75) is 20.0 Å². The maximum Gasteiger partial charge on any atom is 0.267 e. The van der Waals surface area contributed by atoms with E-state index in [1.165, 1.54) is 4.85 Å². The van der Waals surface area contributed by atoms with Gasteiger partial charge in [0.05, 0.1) is 0 Å². The number of carbonyl (C=O) groups is 1. The van der Waals surface area contributed by atoms with Crippen LogP contribution < -0.4 is 10.2 Å². The van der Waals surface area contributed by atoms with Crippen LogP contribution in [0.2, 0.25) is 5.02 Å². The fourth-order valence-electron chi connectivity index (χ4n) is 2.11. The minimum atomic E-state index is -0.751.